The minimum absolute atomic E-state index is 0.00155. The molecule has 13 heteroatoms. The number of carbonyl (C=O) groups is 3. The first-order chi connectivity index (χ1) is 16.5. The van der Waals surface area contributed by atoms with Gasteiger partial charge in [-0.25, -0.2) is 20.2 Å². The van der Waals surface area contributed by atoms with Crippen LogP contribution >= 0.6 is 27.5 Å². The van der Waals surface area contributed by atoms with Crippen LogP contribution in [0.3, 0.4) is 0 Å². The second kappa shape index (κ2) is 10.5. The molecule has 1 aromatic heterocycles. The van der Waals surface area contributed by atoms with Crippen LogP contribution in [0, 0.1) is 25.2 Å². The third kappa shape index (κ3) is 5.59. The topological polar surface area (TPSA) is 151 Å². The van der Waals surface area contributed by atoms with Crippen LogP contribution in [0.15, 0.2) is 41.3 Å². The Morgan fingerprint density at radius 3 is 2.66 bits per heavy atom. The van der Waals surface area contributed by atoms with Gasteiger partial charge in [0.25, 0.3) is 11.8 Å². The van der Waals surface area contributed by atoms with Gasteiger partial charge in [0.2, 0.25) is 0 Å². The molecule has 2 aromatic rings. The van der Waals surface area contributed by atoms with E-state index in [1.165, 1.54) is 19.3 Å². The summed E-state index contributed by atoms with van der Waals surface area (Å²) < 4.78 is 0.446. The fourth-order valence-corrected chi connectivity index (χ4v) is 3.97. The van der Waals surface area contributed by atoms with Crippen molar-refractivity contribution in [2.75, 3.05) is 23.8 Å². The minimum atomic E-state index is -1.45. The maximum atomic E-state index is 13.2. The first-order valence-electron chi connectivity index (χ1n) is 9.98. The quantitative estimate of drug-likeness (QED) is 0.484. The highest BCUT2D eigenvalue weighted by Crippen LogP contribution is 2.30. The molecule has 2 heterocycles. The molecule has 180 valence electrons. The van der Waals surface area contributed by atoms with Crippen LogP contribution in [0.1, 0.15) is 27.0 Å². The summed E-state index contributed by atoms with van der Waals surface area (Å²) in [6, 6.07) is 6.65. The molecule has 11 nitrogen and oxygen atoms in total. The second-order valence-electron chi connectivity index (χ2n) is 7.38. The van der Waals surface area contributed by atoms with Crippen LogP contribution in [0.25, 0.3) is 0 Å². The number of nitrogens with one attached hydrogen (secondary N) is 2. The van der Waals surface area contributed by atoms with Gasteiger partial charge in [0.1, 0.15) is 10.3 Å². The summed E-state index contributed by atoms with van der Waals surface area (Å²) >= 11 is 9.57. The highest BCUT2D eigenvalue weighted by molar-refractivity contribution is 9.18. The molecule has 0 bridgehead atoms. The molecule has 1 aliphatic rings. The second-order valence-corrected chi connectivity index (χ2v) is 8.71. The number of nitriles is 1. The average Bonchev–Trinajstić information content (AvgIpc) is 2.81. The van der Waals surface area contributed by atoms with Crippen molar-refractivity contribution >= 4 is 61.6 Å². The van der Waals surface area contributed by atoms with E-state index in [0.717, 1.165) is 5.01 Å². The number of benzene rings is 1. The van der Waals surface area contributed by atoms with Gasteiger partial charge < -0.3 is 15.3 Å². The first kappa shape index (κ1) is 25.7. The molecule has 0 fully saturated rings. The summed E-state index contributed by atoms with van der Waals surface area (Å²) in [5.41, 5.74) is 3.21. The Balaban J connectivity index is 2.02. The molecule has 0 spiro atoms. The molecule has 1 aromatic carbocycles. The molecule has 0 saturated carbocycles. The summed E-state index contributed by atoms with van der Waals surface area (Å²) in [4.78, 5) is 47.3. The molecule has 1 aliphatic heterocycles. The number of hydrogen-bond acceptors (Lipinski definition) is 7. The third-order valence-corrected chi connectivity index (χ3v) is 5.84. The fourth-order valence-electron chi connectivity index (χ4n) is 3.28. The van der Waals surface area contributed by atoms with E-state index in [9.17, 15) is 19.6 Å². The van der Waals surface area contributed by atoms with Crippen molar-refractivity contribution in [1.29, 1.82) is 5.26 Å². The normalized spacial score (nSPS) is 12.7. The number of aliphatic imine (C=N–C) groups is 1. The van der Waals surface area contributed by atoms with Gasteiger partial charge in [0.15, 0.2) is 5.82 Å². The van der Waals surface area contributed by atoms with Crippen molar-refractivity contribution in [3.8, 4) is 6.07 Å². The predicted molar refractivity (Wildman–Crippen MR) is 134 cm³/mol. The maximum absolute atomic E-state index is 13.2. The predicted octanol–water partition coefficient (Wildman–Crippen LogP) is 3.57. The van der Waals surface area contributed by atoms with Gasteiger partial charge in [-0.15, -0.1) is 0 Å². The monoisotopic (exact) mass is 559 g/mol. The van der Waals surface area contributed by atoms with E-state index in [4.69, 9.17) is 16.7 Å². The van der Waals surface area contributed by atoms with Crippen molar-refractivity contribution < 1.29 is 19.5 Å². The third-order valence-electron chi connectivity index (χ3n) is 5.12. The van der Waals surface area contributed by atoms with E-state index >= 15 is 0 Å². The molecule has 35 heavy (non-hydrogen) atoms. The van der Waals surface area contributed by atoms with Crippen LogP contribution in [-0.2, 0) is 4.79 Å². The molecule has 3 N–H and O–H groups in total. The number of amides is 3. The van der Waals surface area contributed by atoms with E-state index in [1.807, 2.05) is 11.5 Å². The Labute approximate surface area is 213 Å². The summed E-state index contributed by atoms with van der Waals surface area (Å²) in [6.07, 6.45) is 1.59. The van der Waals surface area contributed by atoms with Gasteiger partial charge in [-0.1, -0.05) is 11.6 Å². The number of halogens is 2. The average molecular weight is 561 g/mol. The number of nitrogens with zero attached hydrogens (tertiary/aromatic N) is 5. The number of carbonyl (C=O) groups excluding carboxylic acids is 2. The van der Waals surface area contributed by atoms with Crippen molar-refractivity contribution in [3.05, 3.63) is 63.6 Å². The van der Waals surface area contributed by atoms with Crippen LogP contribution in [-0.4, -0.2) is 51.2 Å². The zero-order valence-corrected chi connectivity index (χ0v) is 21.1. The van der Waals surface area contributed by atoms with E-state index in [0.29, 0.717) is 26.6 Å². The van der Waals surface area contributed by atoms with Crippen LogP contribution in [0.4, 0.5) is 16.3 Å². The Bertz CT molecular complexity index is 1340. The number of anilines is 2. The van der Waals surface area contributed by atoms with E-state index < -0.39 is 17.9 Å². The zero-order valence-electron chi connectivity index (χ0n) is 18.8. The number of hydrazine groups is 1. The molecule has 3 amide bonds. The van der Waals surface area contributed by atoms with Crippen molar-refractivity contribution in [3.63, 3.8) is 0 Å². The Hall–Kier alpha value is -3.95. The lowest BCUT2D eigenvalue weighted by Crippen LogP contribution is -2.43. The molecular formula is C22H19BrClN7O4. The Morgan fingerprint density at radius 1 is 1.31 bits per heavy atom. The Kier molecular flexibility index (Phi) is 7.73. The van der Waals surface area contributed by atoms with E-state index in [2.05, 4.69) is 31.2 Å². The summed E-state index contributed by atoms with van der Waals surface area (Å²) in [5, 5.41) is 22.2. The van der Waals surface area contributed by atoms with Crippen LogP contribution < -0.4 is 15.6 Å². The van der Waals surface area contributed by atoms with Gasteiger partial charge in [0.05, 0.1) is 34.5 Å². The maximum Gasteiger partial charge on any atom is 0.423 e. The van der Waals surface area contributed by atoms with Crippen molar-refractivity contribution in [2.45, 2.75) is 13.8 Å². The number of aromatic nitrogens is 1. The highest BCUT2D eigenvalue weighted by atomic mass is 79.9. The summed E-state index contributed by atoms with van der Waals surface area (Å²) in [6.45, 7) is 3.61. The van der Waals surface area contributed by atoms with Crippen LogP contribution in [0.5, 0.6) is 0 Å². The van der Waals surface area contributed by atoms with Gasteiger partial charge >= 0.3 is 6.09 Å². The SMILES string of the molecule is Cc1c(C#N)cc(C(=O)N(C)NC(=O)O)c(NC(=O)C2=CN(c3ncccc3Cl)CC(Br)=N2)c1C. The molecule has 0 aliphatic carbocycles. The van der Waals surface area contributed by atoms with E-state index in [-0.39, 0.29) is 29.1 Å². The molecule has 0 unspecified atom stereocenters. The number of carboxylic acid groups (broad SMARTS) is 1. The first-order valence-corrected chi connectivity index (χ1v) is 11.2. The lowest BCUT2D eigenvalue weighted by atomic mass is 9.96. The lowest BCUT2D eigenvalue weighted by Gasteiger charge is -2.25. The fraction of sp³-hybridized carbons (Fsp3) is 0.182. The number of hydrogen-bond donors (Lipinski definition) is 3. The Morgan fingerprint density at radius 2 is 2.03 bits per heavy atom. The van der Waals surface area contributed by atoms with Gasteiger partial charge in [-0.3, -0.25) is 14.6 Å². The van der Waals surface area contributed by atoms with Gasteiger partial charge in [-0.05, 0) is 59.1 Å². The molecule has 0 saturated heterocycles. The van der Waals surface area contributed by atoms with Crippen LogP contribution in [0.2, 0.25) is 5.02 Å². The smallest absolute Gasteiger partial charge is 0.423 e. The van der Waals surface area contributed by atoms with Gasteiger partial charge in [-0.2, -0.15) is 5.26 Å². The molecule has 0 radical (unpaired) electrons. The highest BCUT2D eigenvalue weighted by Gasteiger charge is 2.26. The van der Waals surface area contributed by atoms with Crippen molar-refractivity contribution in [1.82, 2.24) is 15.4 Å². The molecule has 0 atom stereocenters. The van der Waals surface area contributed by atoms with Gasteiger partial charge in [0, 0.05) is 19.4 Å². The lowest BCUT2D eigenvalue weighted by molar-refractivity contribution is -0.112. The molecular weight excluding hydrogens is 542 g/mol. The van der Waals surface area contributed by atoms with E-state index in [1.54, 1.807) is 37.1 Å². The largest absolute Gasteiger partial charge is 0.464 e. The number of rotatable bonds is 4. The molecule has 3 rings (SSSR count). The zero-order chi connectivity index (χ0) is 25.9. The van der Waals surface area contributed by atoms with Crippen molar-refractivity contribution in [2.24, 2.45) is 4.99 Å². The standard InChI is InChI=1S/C22H19BrClN7O4/c1-11-12(2)18(14(7-13(11)8-25)21(33)30(3)29-22(34)35)28-20(32)16-9-31(10-17(23)27-16)19-15(24)5-4-6-26-19/h4-7,9,29H,10H2,1-3H3,(H,28,32)(H,34,35). The summed E-state index contributed by atoms with van der Waals surface area (Å²) in [7, 11) is 1.21. The number of pyridine rings is 1. The minimum Gasteiger partial charge on any atom is -0.464 e. The summed E-state index contributed by atoms with van der Waals surface area (Å²) in [5.74, 6) is -0.991.